The summed E-state index contributed by atoms with van der Waals surface area (Å²) in [5, 5.41) is 13.5. The number of thioether (sulfide) groups is 1. The lowest BCUT2D eigenvalue weighted by molar-refractivity contribution is -0.139. The molecule has 3 N–H and O–H groups in total. The Morgan fingerprint density at radius 2 is 2.11 bits per heavy atom. The third kappa shape index (κ3) is 5.17. The monoisotopic (exact) mass is 286 g/mol. The first-order valence-corrected chi connectivity index (χ1v) is 6.97. The summed E-state index contributed by atoms with van der Waals surface area (Å²) in [5.74, 6) is -1.08. The fraction of sp³-hybridized carbons (Fsp3) is 0.333. The molecule has 0 heterocycles. The van der Waals surface area contributed by atoms with E-state index in [0.29, 0.717) is 12.2 Å². The fourth-order valence-corrected chi connectivity index (χ4v) is 1.84. The molecule has 0 bridgehead atoms. The zero-order valence-corrected chi connectivity index (χ0v) is 11.2. The van der Waals surface area contributed by atoms with E-state index in [2.05, 4.69) is 10.6 Å². The van der Waals surface area contributed by atoms with Crippen molar-refractivity contribution < 1.29 is 19.1 Å². The summed E-state index contributed by atoms with van der Waals surface area (Å²) in [7, 11) is 0. The number of carboxylic acids is 1. The van der Waals surface area contributed by atoms with Crippen molar-refractivity contribution in [1.29, 1.82) is 0 Å². The third-order valence-corrected chi connectivity index (χ3v) is 2.98. The molecule has 1 rings (SSSR count). The molecule has 0 fully saturated rings. The van der Waals surface area contributed by atoms with Gasteiger partial charge in [-0.05, 0) is 30.6 Å². The number of urea groups is 1. The minimum atomic E-state index is -1.11. The van der Waals surface area contributed by atoms with Gasteiger partial charge in [-0.3, -0.25) is 0 Å². The highest BCUT2D eigenvalue weighted by Gasteiger charge is 2.19. The van der Waals surface area contributed by atoms with Crippen LogP contribution in [-0.4, -0.2) is 35.2 Å². The van der Waals surface area contributed by atoms with Gasteiger partial charge in [0, 0.05) is 0 Å². The van der Waals surface area contributed by atoms with Crippen LogP contribution in [0.1, 0.15) is 6.42 Å². The van der Waals surface area contributed by atoms with Gasteiger partial charge in [-0.25, -0.2) is 14.0 Å². The zero-order chi connectivity index (χ0) is 14.3. The number of halogens is 1. The number of benzene rings is 1. The lowest BCUT2D eigenvalue weighted by atomic mass is 10.2. The van der Waals surface area contributed by atoms with E-state index in [0.717, 1.165) is 0 Å². The summed E-state index contributed by atoms with van der Waals surface area (Å²) in [5.41, 5.74) is 0.00834. The number of hydrogen-bond donors (Lipinski definition) is 3. The zero-order valence-electron chi connectivity index (χ0n) is 10.4. The van der Waals surface area contributed by atoms with Gasteiger partial charge in [0.05, 0.1) is 5.69 Å². The van der Waals surface area contributed by atoms with Crippen LogP contribution in [0.4, 0.5) is 14.9 Å². The first kappa shape index (κ1) is 15.3. The molecule has 0 saturated heterocycles. The molecule has 7 heteroatoms. The number of amides is 2. The van der Waals surface area contributed by atoms with Crippen LogP contribution in [0, 0.1) is 5.82 Å². The van der Waals surface area contributed by atoms with E-state index >= 15 is 0 Å². The standard InChI is InChI=1S/C12H15FN2O3S/c1-19-7-6-10(11(16)17)15-12(18)14-9-5-3-2-4-8(9)13/h2-5,10H,6-7H2,1H3,(H,16,17)(H2,14,15,18). The molecule has 0 aliphatic heterocycles. The second-order valence-corrected chi connectivity index (χ2v) is 4.74. The normalized spacial score (nSPS) is 11.7. The van der Waals surface area contributed by atoms with Crippen LogP contribution in [-0.2, 0) is 4.79 Å². The Balaban J connectivity index is 2.58. The number of carbonyl (C=O) groups excluding carboxylic acids is 1. The van der Waals surface area contributed by atoms with Crippen molar-refractivity contribution in [3.05, 3.63) is 30.1 Å². The minimum Gasteiger partial charge on any atom is -0.480 e. The molecule has 1 unspecified atom stereocenters. The maximum Gasteiger partial charge on any atom is 0.326 e. The Kier molecular flexibility index (Phi) is 6.14. The molecule has 1 aromatic carbocycles. The van der Waals surface area contributed by atoms with Crippen LogP contribution < -0.4 is 10.6 Å². The van der Waals surface area contributed by atoms with E-state index in [4.69, 9.17) is 5.11 Å². The molecule has 104 valence electrons. The second-order valence-electron chi connectivity index (χ2n) is 3.75. The van der Waals surface area contributed by atoms with Crippen molar-refractivity contribution in [3.63, 3.8) is 0 Å². The van der Waals surface area contributed by atoms with Gasteiger partial charge in [-0.1, -0.05) is 12.1 Å². The molecule has 5 nitrogen and oxygen atoms in total. The molecule has 1 aromatic rings. The summed E-state index contributed by atoms with van der Waals surface area (Å²) in [6.07, 6.45) is 2.15. The average Bonchev–Trinajstić information content (AvgIpc) is 2.37. The molecule has 2 amide bonds. The molecule has 0 radical (unpaired) electrons. The summed E-state index contributed by atoms with van der Waals surface area (Å²) < 4.78 is 13.3. The summed E-state index contributed by atoms with van der Waals surface area (Å²) in [4.78, 5) is 22.5. The first-order valence-electron chi connectivity index (χ1n) is 5.58. The lowest BCUT2D eigenvalue weighted by Crippen LogP contribution is -2.43. The summed E-state index contributed by atoms with van der Waals surface area (Å²) in [6, 6.07) is 3.95. The van der Waals surface area contributed by atoms with Gasteiger partial charge < -0.3 is 15.7 Å². The molecule has 1 atom stereocenters. The van der Waals surface area contributed by atoms with Crippen molar-refractivity contribution in [2.24, 2.45) is 0 Å². The van der Waals surface area contributed by atoms with Gasteiger partial charge in [0.15, 0.2) is 0 Å². The molecule has 0 aromatic heterocycles. The van der Waals surface area contributed by atoms with Crippen LogP contribution in [0.2, 0.25) is 0 Å². The van der Waals surface area contributed by atoms with Crippen LogP contribution in [0.15, 0.2) is 24.3 Å². The first-order chi connectivity index (χ1) is 9.04. The number of aliphatic carboxylic acids is 1. The fourth-order valence-electron chi connectivity index (χ4n) is 1.37. The molecule has 0 saturated carbocycles. The molecular formula is C12H15FN2O3S. The third-order valence-electron chi connectivity index (χ3n) is 2.34. The molecular weight excluding hydrogens is 271 g/mol. The van der Waals surface area contributed by atoms with Crippen molar-refractivity contribution >= 4 is 29.4 Å². The molecule has 0 aliphatic carbocycles. The highest BCUT2D eigenvalue weighted by Crippen LogP contribution is 2.12. The average molecular weight is 286 g/mol. The van der Waals surface area contributed by atoms with E-state index < -0.39 is 23.9 Å². The number of hydrogen-bond acceptors (Lipinski definition) is 3. The van der Waals surface area contributed by atoms with Crippen molar-refractivity contribution in [2.75, 3.05) is 17.3 Å². The largest absolute Gasteiger partial charge is 0.480 e. The number of anilines is 1. The molecule has 19 heavy (non-hydrogen) atoms. The van der Waals surface area contributed by atoms with Gasteiger partial charge in [-0.15, -0.1) is 0 Å². The van der Waals surface area contributed by atoms with Gasteiger partial charge >= 0.3 is 12.0 Å². The topological polar surface area (TPSA) is 78.4 Å². The number of carbonyl (C=O) groups is 2. The van der Waals surface area contributed by atoms with E-state index in [-0.39, 0.29) is 5.69 Å². The van der Waals surface area contributed by atoms with E-state index in [1.54, 1.807) is 6.07 Å². The van der Waals surface area contributed by atoms with Crippen molar-refractivity contribution in [1.82, 2.24) is 5.32 Å². The predicted molar refractivity (Wildman–Crippen MR) is 73.0 cm³/mol. The van der Waals surface area contributed by atoms with Gasteiger partial charge in [0.25, 0.3) is 0 Å². The van der Waals surface area contributed by atoms with Gasteiger partial charge in [0.2, 0.25) is 0 Å². The Hall–Kier alpha value is -1.76. The van der Waals surface area contributed by atoms with Gasteiger partial charge in [0.1, 0.15) is 11.9 Å². The number of rotatable bonds is 6. The van der Waals surface area contributed by atoms with Crippen molar-refractivity contribution in [2.45, 2.75) is 12.5 Å². The Morgan fingerprint density at radius 3 is 2.68 bits per heavy atom. The minimum absolute atomic E-state index is 0.00834. The Morgan fingerprint density at radius 1 is 1.42 bits per heavy atom. The number of carboxylic acid groups (broad SMARTS) is 1. The smallest absolute Gasteiger partial charge is 0.326 e. The highest BCUT2D eigenvalue weighted by molar-refractivity contribution is 7.98. The highest BCUT2D eigenvalue weighted by atomic mass is 32.2. The van der Waals surface area contributed by atoms with Crippen LogP contribution in [0.5, 0.6) is 0 Å². The van der Waals surface area contributed by atoms with Crippen LogP contribution >= 0.6 is 11.8 Å². The molecule has 0 aliphatic rings. The lowest BCUT2D eigenvalue weighted by Gasteiger charge is -2.14. The van der Waals surface area contributed by atoms with Crippen molar-refractivity contribution in [3.8, 4) is 0 Å². The quantitative estimate of drug-likeness (QED) is 0.748. The predicted octanol–water partition coefficient (Wildman–Crippen LogP) is 2.15. The SMILES string of the molecule is CSCCC(NC(=O)Nc1ccccc1F)C(=O)O. The van der Waals surface area contributed by atoms with E-state index in [1.807, 2.05) is 6.26 Å². The van der Waals surface area contributed by atoms with Crippen LogP contribution in [0.25, 0.3) is 0 Å². The second kappa shape index (κ2) is 7.63. The van der Waals surface area contributed by atoms with E-state index in [1.165, 1.54) is 30.0 Å². The van der Waals surface area contributed by atoms with E-state index in [9.17, 15) is 14.0 Å². The van der Waals surface area contributed by atoms with Crippen LogP contribution in [0.3, 0.4) is 0 Å². The number of para-hydroxylation sites is 1. The Bertz CT molecular complexity index is 456. The maximum atomic E-state index is 13.3. The number of nitrogens with one attached hydrogen (secondary N) is 2. The summed E-state index contributed by atoms with van der Waals surface area (Å²) >= 11 is 1.49. The summed E-state index contributed by atoms with van der Waals surface area (Å²) in [6.45, 7) is 0. The molecule has 0 spiro atoms. The maximum absolute atomic E-state index is 13.3. The Labute approximate surface area is 114 Å². The van der Waals surface area contributed by atoms with Gasteiger partial charge in [-0.2, -0.15) is 11.8 Å².